The van der Waals surface area contributed by atoms with E-state index >= 15 is 0 Å². The van der Waals surface area contributed by atoms with Crippen molar-refractivity contribution in [2.45, 2.75) is 75.3 Å². The first-order chi connectivity index (χ1) is 11.3. The van der Waals surface area contributed by atoms with Crippen LogP contribution in [0.15, 0.2) is 6.20 Å². The van der Waals surface area contributed by atoms with Crippen LogP contribution in [-0.4, -0.2) is 71.2 Å². The third-order valence-corrected chi connectivity index (χ3v) is 4.75. The van der Waals surface area contributed by atoms with Crippen molar-refractivity contribution in [3.8, 4) is 0 Å². The Bertz CT molecular complexity index is 608. The molecule has 1 aliphatic carbocycles. The summed E-state index contributed by atoms with van der Waals surface area (Å²) in [5.74, 6) is 0.151. The van der Waals surface area contributed by atoms with E-state index in [2.05, 4.69) is 10.3 Å². The summed E-state index contributed by atoms with van der Waals surface area (Å²) in [5, 5.41) is 47.8. The molecule has 134 valence electrons. The quantitative estimate of drug-likeness (QED) is 0.468. The molecule has 0 bridgehead atoms. The van der Waals surface area contributed by atoms with Crippen LogP contribution < -0.4 is 0 Å². The van der Waals surface area contributed by atoms with E-state index in [4.69, 9.17) is 4.74 Å². The molecular weight excluding hydrogens is 318 g/mol. The van der Waals surface area contributed by atoms with Crippen molar-refractivity contribution in [1.29, 1.82) is 0 Å². The smallest absolute Gasteiger partial charge is 0.181 e. The lowest BCUT2D eigenvalue weighted by Gasteiger charge is -2.40. The van der Waals surface area contributed by atoms with E-state index in [1.165, 1.54) is 4.68 Å². The Kier molecular flexibility index (Phi) is 4.71. The molecule has 3 unspecified atom stereocenters. The molecular formula is C15H23N3O6. The lowest BCUT2D eigenvalue weighted by atomic mass is 9.96. The van der Waals surface area contributed by atoms with Crippen LogP contribution in [0, 0.1) is 0 Å². The molecule has 2 heterocycles. The molecule has 1 saturated carbocycles. The van der Waals surface area contributed by atoms with Crippen LogP contribution in [0.5, 0.6) is 0 Å². The number of carbonyl (C=O) groups excluding carboxylic acids is 1. The van der Waals surface area contributed by atoms with E-state index < -0.39 is 36.2 Å². The highest BCUT2D eigenvalue weighted by molar-refractivity contribution is 5.75. The van der Waals surface area contributed by atoms with Crippen LogP contribution in [0.1, 0.15) is 44.5 Å². The number of aromatic nitrogens is 3. The van der Waals surface area contributed by atoms with Gasteiger partial charge in [0.1, 0.15) is 29.7 Å². The minimum Gasteiger partial charge on any atom is -0.390 e. The number of aliphatic hydroxyl groups is 4. The molecule has 2 fully saturated rings. The van der Waals surface area contributed by atoms with Crippen LogP contribution in [0.4, 0.5) is 0 Å². The molecule has 24 heavy (non-hydrogen) atoms. The molecule has 1 saturated heterocycles. The molecule has 4 N–H and O–H groups in total. The van der Waals surface area contributed by atoms with Crippen LogP contribution >= 0.6 is 0 Å². The Morgan fingerprint density at radius 1 is 1.33 bits per heavy atom. The molecule has 3 rings (SSSR count). The number of unbranched alkanes of at least 4 members (excludes halogenated alkanes) is 1. The second kappa shape index (κ2) is 6.49. The molecule has 1 aromatic heterocycles. The zero-order valence-corrected chi connectivity index (χ0v) is 13.4. The average Bonchev–Trinajstić information content (AvgIpc) is 2.95. The molecule has 6 atom stereocenters. The predicted molar refractivity (Wildman–Crippen MR) is 79.8 cm³/mol. The zero-order valence-electron chi connectivity index (χ0n) is 13.4. The standard InChI is InChI=1S/C15H23N3O6/c1-8(19)4-2-3-5-9-7-18(17-16-9)14-12(22)11(21)13(23)15(24-14)6-10(15)20/h7,10-14,20-23H,2-6H2,1H3/t10?,11-,12-,13-,14?,15?/m1/s1. The number of aryl methyl sites for hydroxylation is 1. The van der Waals surface area contributed by atoms with Crippen LogP contribution in [-0.2, 0) is 16.0 Å². The molecule has 0 amide bonds. The maximum absolute atomic E-state index is 10.9. The molecule has 1 aliphatic heterocycles. The molecule has 1 spiro atoms. The van der Waals surface area contributed by atoms with Crippen LogP contribution in [0.3, 0.4) is 0 Å². The maximum atomic E-state index is 10.9. The predicted octanol–water partition coefficient (Wildman–Crippen LogP) is -1.31. The normalized spacial score (nSPS) is 38.5. The lowest BCUT2D eigenvalue weighted by Crippen LogP contribution is -2.58. The topological polar surface area (TPSA) is 138 Å². The van der Waals surface area contributed by atoms with Crippen LogP contribution in [0.2, 0.25) is 0 Å². The van der Waals surface area contributed by atoms with Gasteiger partial charge in [0.15, 0.2) is 6.23 Å². The molecule has 2 aliphatic rings. The SMILES string of the molecule is CC(=O)CCCCc1cn(C2OC3(CC3O)[C@H](O)[C@H](O)[C@H]2O)nn1. The molecule has 0 aromatic carbocycles. The number of nitrogens with zero attached hydrogens (tertiary/aromatic N) is 3. The fourth-order valence-electron chi connectivity index (χ4n) is 3.14. The summed E-state index contributed by atoms with van der Waals surface area (Å²) in [4.78, 5) is 10.9. The van der Waals surface area contributed by atoms with Crippen molar-refractivity contribution in [3.63, 3.8) is 0 Å². The van der Waals surface area contributed by atoms with Gasteiger partial charge >= 0.3 is 0 Å². The maximum Gasteiger partial charge on any atom is 0.181 e. The van der Waals surface area contributed by atoms with Gasteiger partial charge in [-0.25, -0.2) is 4.68 Å². The van der Waals surface area contributed by atoms with E-state index in [0.717, 1.165) is 12.8 Å². The van der Waals surface area contributed by atoms with E-state index in [1.807, 2.05) is 0 Å². The van der Waals surface area contributed by atoms with Crippen molar-refractivity contribution in [3.05, 3.63) is 11.9 Å². The summed E-state index contributed by atoms with van der Waals surface area (Å²) in [6.07, 6.45) is -1.57. The van der Waals surface area contributed by atoms with Gasteiger partial charge in [0.05, 0.1) is 18.0 Å². The molecule has 9 nitrogen and oxygen atoms in total. The van der Waals surface area contributed by atoms with Crippen molar-refractivity contribution in [1.82, 2.24) is 15.0 Å². The number of hydrogen-bond donors (Lipinski definition) is 4. The minimum atomic E-state index is -1.44. The first-order valence-corrected chi connectivity index (χ1v) is 8.15. The summed E-state index contributed by atoms with van der Waals surface area (Å²) in [7, 11) is 0. The number of hydrogen-bond acceptors (Lipinski definition) is 8. The Balaban J connectivity index is 1.64. The van der Waals surface area contributed by atoms with Crippen molar-refractivity contribution >= 4 is 5.78 Å². The third kappa shape index (κ3) is 3.09. The number of carbonyl (C=O) groups is 1. The van der Waals surface area contributed by atoms with E-state index in [9.17, 15) is 25.2 Å². The van der Waals surface area contributed by atoms with Crippen LogP contribution in [0.25, 0.3) is 0 Å². The van der Waals surface area contributed by atoms with Gasteiger partial charge in [-0.3, -0.25) is 0 Å². The summed E-state index contributed by atoms with van der Waals surface area (Å²) in [5.41, 5.74) is -0.572. The molecule has 1 aromatic rings. The van der Waals surface area contributed by atoms with Gasteiger partial charge in [-0.15, -0.1) is 5.10 Å². The van der Waals surface area contributed by atoms with E-state index in [1.54, 1.807) is 13.1 Å². The number of Topliss-reactive ketones (excluding diaryl/α,β-unsaturated/α-hetero) is 1. The Morgan fingerprint density at radius 2 is 2.04 bits per heavy atom. The Hall–Kier alpha value is -1.39. The second-order valence-corrected chi connectivity index (χ2v) is 6.71. The van der Waals surface area contributed by atoms with Gasteiger partial charge < -0.3 is 30.0 Å². The first-order valence-electron chi connectivity index (χ1n) is 8.15. The van der Waals surface area contributed by atoms with Gasteiger partial charge in [0, 0.05) is 12.8 Å². The van der Waals surface area contributed by atoms with E-state index in [-0.39, 0.29) is 12.2 Å². The largest absolute Gasteiger partial charge is 0.390 e. The lowest BCUT2D eigenvalue weighted by molar-refractivity contribution is -0.266. The van der Waals surface area contributed by atoms with Gasteiger partial charge in [0.2, 0.25) is 0 Å². The minimum absolute atomic E-state index is 0.151. The van der Waals surface area contributed by atoms with Crippen molar-refractivity contribution in [2.75, 3.05) is 0 Å². The Labute approximate surface area is 138 Å². The highest BCUT2D eigenvalue weighted by Crippen LogP contribution is 2.50. The molecule has 9 heteroatoms. The highest BCUT2D eigenvalue weighted by atomic mass is 16.6. The van der Waals surface area contributed by atoms with Gasteiger partial charge in [-0.2, -0.15) is 0 Å². The van der Waals surface area contributed by atoms with Gasteiger partial charge in [-0.05, 0) is 26.2 Å². The number of ketones is 1. The summed E-state index contributed by atoms with van der Waals surface area (Å²) in [6, 6.07) is 0. The zero-order chi connectivity index (χ0) is 17.5. The third-order valence-electron chi connectivity index (χ3n) is 4.75. The van der Waals surface area contributed by atoms with E-state index in [0.29, 0.717) is 18.5 Å². The first kappa shape index (κ1) is 17.4. The average molecular weight is 341 g/mol. The number of rotatable bonds is 6. The second-order valence-electron chi connectivity index (χ2n) is 6.71. The summed E-state index contributed by atoms with van der Waals surface area (Å²) < 4.78 is 6.95. The van der Waals surface area contributed by atoms with Gasteiger partial charge in [-0.1, -0.05) is 5.21 Å². The fourth-order valence-corrected chi connectivity index (χ4v) is 3.14. The number of aliphatic hydroxyl groups excluding tert-OH is 4. The summed E-state index contributed by atoms with van der Waals surface area (Å²) in [6.45, 7) is 1.56. The highest BCUT2D eigenvalue weighted by Gasteiger charge is 2.67. The fraction of sp³-hybridized carbons (Fsp3) is 0.800. The molecule has 0 radical (unpaired) electrons. The number of ether oxygens (including phenoxy) is 1. The summed E-state index contributed by atoms with van der Waals surface area (Å²) >= 11 is 0. The Morgan fingerprint density at radius 3 is 2.67 bits per heavy atom. The van der Waals surface area contributed by atoms with Crippen molar-refractivity contribution < 1.29 is 30.0 Å². The van der Waals surface area contributed by atoms with Crippen molar-refractivity contribution in [2.24, 2.45) is 0 Å². The monoisotopic (exact) mass is 341 g/mol. The van der Waals surface area contributed by atoms with Gasteiger partial charge in [0.25, 0.3) is 0 Å².